The zero-order valence-electron chi connectivity index (χ0n) is 13.3. The number of sulfonamides is 1. The van der Waals surface area contributed by atoms with Gasteiger partial charge in [0.2, 0.25) is 10.0 Å². The van der Waals surface area contributed by atoms with Crippen molar-refractivity contribution in [3.63, 3.8) is 0 Å². The highest BCUT2D eigenvalue weighted by molar-refractivity contribution is 7.89. The first-order chi connectivity index (χ1) is 11.4. The molecule has 5 nitrogen and oxygen atoms in total. The molecule has 0 saturated carbocycles. The van der Waals surface area contributed by atoms with Crippen LogP contribution in [-0.4, -0.2) is 45.0 Å². The predicted molar refractivity (Wildman–Crippen MR) is 83.1 cm³/mol. The summed E-state index contributed by atoms with van der Waals surface area (Å²) in [6.45, 7) is 0.452. The average Bonchev–Trinajstić information content (AvgIpc) is 2.54. The molecule has 9 heteroatoms. The van der Waals surface area contributed by atoms with Gasteiger partial charge in [-0.15, -0.1) is 0 Å². The van der Waals surface area contributed by atoms with Crippen LogP contribution in [0.3, 0.4) is 0 Å². The van der Waals surface area contributed by atoms with E-state index in [-0.39, 0.29) is 10.9 Å². The van der Waals surface area contributed by atoms with Gasteiger partial charge in [-0.25, -0.2) is 12.8 Å². The third-order valence-electron chi connectivity index (χ3n) is 3.89. The topological polar surface area (TPSA) is 58.6 Å². The van der Waals surface area contributed by atoms with Crippen LogP contribution in [0.4, 0.5) is 13.2 Å². The number of hydrogen-bond acceptors (Lipinski definition) is 4. The van der Waals surface area contributed by atoms with Crippen molar-refractivity contribution in [2.24, 2.45) is 0 Å². The van der Waals surface area contributed by atoms with E-state index in [9.17, 15) is 21.6 Å². The van der Waals surface area contributed by atoms with Crippen molar-refractivity contribution in [1.82, 2.24) is 9.62 Å². The number of ether oxygens (including phenoxy) is 1. The first-order valence-corrected chi connectivity index (χ1v) is 9.27. The zero-order chi connectivity index (χ0) is 17.7. The minimum atomic E-state index is -3.91. The Morgan fingerprint density at radius 3 is 2.54 bits per heavy atom. The van der Waals surface area contributed by atoms with Crippen molar-refractivity contribution in [1.29, 1.82) is 0 Å². The van der Waals surface area contributed by atoms with E-state index in [0.29, 0.717) is 25.8 Å². The highest BCUT2D eigenvalue weighted by Gasteiger charge is 2.32. The standard InChI is InChI=1S/C15H21F3N2O3S/c1-2-9-20(11-5-7-19-8-6-11)24(21,22)12-3-4-14(13(16)10-12)23-15(17)18/h3-4,10-11,15,19H,2,5-9H2,1H3. The van der Waals surface area contributed by atoms with E-state index in [1.807, 2.05) is 6.92 Å². The lowest BCUT2D eigenvalue weighted by molar-refractivity contribution is -0.0522. The lowest BCUT2D eigenvalue weighted by atomic mass is 10.1. The van der Waals surface area contributed by atoms with Gasteiger partial charge in [0, 0.05) is 12.6 Å². The number of alkyl halides is 2. The molecule has 1 aliphatic rings. The molecule has 0 atom stereocenters. The monoisotopic (exact) mass is 366 g/mol. The van der Waals surface area contributed by atoms with Crippen LogP contribution in [0.15, 0.2) is 23.1 Å². The molecule has 0 amide bonds. The fourth-order valence-electron chi connectivity index (χ4n) is 2.78. The molecule has 1 N–H and O–H groups in total. The molecule has 0 unspecified atom stereocenters. The zero-order valence-corrected chi connectivity index (χ0v) is 14.2. The molecule has 24 heavy (non-hydrogen) atoms. The lowest BCUT2D eigenvalue weighted by Gasteiger charge is -2.33. The largest absolute Gasteiger partial charge is 0.432 e. The van der Waals surface area contributed by atoms with Crippen molar-refractivity contribution in [2.45, 2.75) is 43.7 Å². The van der Waals surface area contributed by atoms with Crippen molar-refractivity contribution in [3.8, 4) is 5.75 Å². The summed E-state index contributed by atoms with van der Waals surface area (Å²) < 4.78 is 69.4. The molecule has 1 aromatic carbocycles. The first-order valence-electron chi connectivity index (χ1n) is 7.83. The highest BCUT2D eigenvalue weighted by atomic mass is 32.2. The molecule has 136 valence electrons. The Morgan fingerprint density at radius 1 is 1.33 bits per heavy atom. The van der Waals surface area contributed by atoms with Crippen LogP contribution in [0, 0.1) is 5.82 Å². The van der Waals surface area contributed by atoms with E-state index in [2.05, 4.69) is 10.1 Å². The van der Waals surface area contributed by atoms with Crippen LogP contribution in [0.25, 0.3) is 0 Å². The van der Waals surface area contributed by atoms with Crippen molar-refractivity contribution < 1.29 is 26.3 Å². The fourth-order valence-corrected chi connectivity index (χ4v) is 4.57. The number of nitrogens with one attached hydrogen (secondary N) is 1. The maximum atomic E-state index is 13.9. The summed E-state index contributed by atoms with van der Waals surface area (Å²) >= 11 is 0. The molecule has 1 fully saturated rings. The van der Waals surface area contributed by atoms with Crippen molar-refractivity contribution in [3.05, 3.63) is 24.0 Å². The lowest BCUT2D eigenvalue weighted by Crippen LogP contribution is -2.46. The summed E-state index contributed by atoms with van der Waals surface area (Å²) in [5.74, 6) is -1.80. The van der Waals surface area contributed by atoms with Crippen LogP contribution in [0.1, 0.15) is 26.2 Å². The maximum Gasteiger partial charge on any atom is 0.387 e. The summed E-state index contributed by atoms with van der Waals surface area (Å²) in [5.41, 5.74) is 0. The molecule has 0 aromatic heterocycles. The van der Waals surface area contributed by atoms with Crippen LogP contribution >= 0.6 is 0 Å². The quantitative estimate of drug-likeness (QED) is 0.806. The van der Waals surface area contributed by atoms with Crippen molar-refractivity contribution in [2.75, 3.05) is 19.6 Å². The smallest absolute Gasteiger partial charge is 0.387 e. The molecule has 1 aliphatic heterocycles. The molecule has 0 radical (unpaired) electrons. The molecule has 0 spiro atoms. The Hall–Kier alpha value is -1.32. The second-order valence-electron chi connectivity index (χ2n) is 5.57. The van der Waals surface area contributed by atoms with Gasteiger partial charge in [-0.1, -0.05) is 6.92 Å². The van der Waals surface area contributed by atoms with Crippen LogP contribution in [-0.2, 0) is 10.0 Å². The van der Waals surface area contributed by atoms with E-state index in [0.717, 1.165) is 31.3 Å². The molecular weight excluding hydrogens is 345 g/mol. The fraction of sp³-hybridized carbons (Fsp3) is 0.600. The molecule has 1 saturated heterocycles. The number of piperidine rings is 1. The van der Waals surface area contributed by atoms with Gasteiger partial charge in [-0.2, -0.15) is 13.1 Å². The van der Waals surface area contributed by atoms with Gasteiger partial charge in [-0.3, -0.25) is 0 Å². The second-order valence-corrected chi connectivity index (χ2v) is 7.46. The first kappa shape index (κ1) is 19.0. The molecule has 1 heterocycles. The van der Waals surface area contributed by atoms with Crippen molar-refractivity contribution >= 4 is 10.0 Å². The Kier molecular flexibility index (Phi) is 6.47. The summed E-state index contributed by atoms with van der Waals surface area (Å²) in [7, 11) is -3.91. The molecule has 0 bridgehead atoms. The molecule has 2 rings (SSSR count). The second kappa shape index (κ2) is 8.17. The predicted octanol–water partition coefficient (Wildman–Crippen LogP) is 2.58. The van der Waals surface area contributed by atoms with Crippen LogP contribution < -0.4 is 10.1 Å². The van der Waals surface area contributed by atoms with Gasteiger partial charge in [0.05, 0.1) is 4.90 Å². The third-order valence-corrected chi connectivity index (χ3v) is 5.83. The van der Waals surface area contributed by atoms with Gasteiger partial charge in [0.1, 0.15) is 0 Å². The number of nitrogens with zero attached hydrogens (tertiary/aromatic N) is 1. The summed E-state index contributed by atoms with van der Waals surface area (Å²) in [6, 6.07) is 2.59. The van der Waals surface area contributed by atoms with Crippen LogP contribution in [0.2, 0.25) is 0 Å². The van der Waals surface area contributed by atoms with E-state index >= 15 is 0 Å². The number of halogens is 3. The minimum Gasteiger partial charge on any atom is -0.432 e. The average molecular weight is 366 g/mol. The van der Waals surface area contributed by atoms with Gasteiger partial charge in [0.25, 0.3) is 0 Å². The SMILES string of the molecule is CCCN(C1CCNCC1)S(=O)(=O)c1ccc(OC(F)F)c(F)c1. The summed E-state index contributed by atoms with van der Waals surface area (Å²) in [5, 5.41) is 3.17. The number of benzene rings is 1. The Balaban J connectivity index is 2.30. The van der Waals surface area contributed by atoms with Gasteiger partial charge in [-0.05, 0) is 50.6 Å². The van der Waals surface area contributed by atoms with E-state index in [1.165, 1.54) is 4.31 Å². The highest BCUT2D eigenvalue weighted by Crippen LogP contribution is 2.27. The maximum absolute atomic E-state index is 13.9. The normalized spacial score (nSPS) is 16.8. The Bertz CT molecular complexity index is 649. The molecular formula is C15H21F3N2O3S. The Labute approximate surface area is 139 Å². The third kappa shape index (κ3) is 4.40. The summed E-state index contributed by atoms with van der Waals surface area (Å²) in [4.78, 5) is -0.256. The van der Waals surface area contributed by atoms with Gasteiger partial charge in [0.15, 0.2) is 11.6 Å². The van der Waals surface area contributed by atoms with E-state index in [1.54, 1.807) is 0 Å². The van der Waals surface area contributed by atoms with Crippen LogP contribution in [0.5, 0.6) is 5.75 Å². The Morgan fingerprint density at radius 2 is 2.00 bits per heavy atom. The van der Waals surface area contributed by atoms with E-state index < -0.39 is 28.2 Å². The molecule has 0 aliphatic carbocycles. The molecule has 1 aromatic rings. The van der Waals surface area contributed by atoms with Gasteiger partial charge >= 0.3 is 6.61 Å². The van der Waals surface area contributed by atoms with Gasteiger partial charge < -0.3 is 10.1 Å². The summed E-state index contributed by atoms with van der Waals surface area (Å²) in [6.07, 6.45) is 1.97. The number of rotatable bonds is 7. The minimum absolute atomic E-state index is 0.156. The number of hydrogen-bond donors (Lipinski definition) is 1. The van der Waals surface area contributed by atoms with E-state index in [4.69, 9.17) is 0 Å².